The fraction of sp³-hybridized carbons (Fsp3) is 0.562. The average molecular weight is 319 g/mol. The normalized spacial score (nSPS) is 20.1. The summed E-state index contributed by atoms with van der Waals surface area (Å²) in [6.07, 6.45) is 3.97. The standard InChI is InChI=1S/C16H21N3O2S/c1-3-11(2)14-17-15(21-18-14)12-7-4-5-9-19(12)16(20)13-8-6-10-22-13/h6,8,10-12H,3-5,7,9H2,1-2H3/t11-,12-/m0/s1. The minimum absolute atomic E-state index is 0.0722. The van der Waals surface area contributed by atoms with Crippen molar-refractivity contribution in [1.29, 1.82) is 0 Å². The molecule has 3 heterocycles. The van der Waals surface area contributed by atoms with Gasteiger partial charge in [-0.05, 0) is 37.1 Å². The third-order valence-electron chi connectivity index (χ3n) is 4.29. The first-order valence-corrected chi connectivity index (χ1v) is 8.76. The summed E-state index contributed by atoms with van der Waals surface area (Å²) in [7, 11) is 0. The zero-order chi connectivity index (χ0) is 15.5. The molecule has 0 bridgehead atoms. The van der Waals surface area contributed by atoms with E-state index in [-0.39, 0.29) is 17.9 Å². The molecule has 1 saturated heterocycles. The van der Waals surface area contributed by atoms with E-state index in [1.54, 1.807) is 0 Å². The number of aromatic nitrogens is 2. The van der Waals surface area contributed by atoms with Gasteiger partial charge in [-0.3, -0.25) is 4.79 Å². The van der Waals surface area contributed by atoms with Crippen LogP contribution in [0.2, 0.25) is 0 Å². The smallest absolute Gasteiger partial charge is 0.264 e. The molecular formula is C16H21N3O2S. The van der Waals surface area contributed by atoms with Gasteiger partial charge in [-0.2, -0.15) is 4.98 Å². The monoisotopic (exact) mass is 319 g/mol. The van der Waals surface area contributed by atoms with Gasteiger partial charge in [0.25, 0.3) is 5.91 Å². The highest BCUT2D eigenvalue weighted by Crippen LogP contribution is 2.32. The first-order valence-electron chi connectivity index (χ1n) is 7.88. The maximum atomic E-state index is 12.7. The van der Waals surface area contributed by atoms with Crippen LogP contribution in [0.3, 0.4) is 0 Å². The van der Waals surface area contributed by atoms with Crippen molar-refractivity contribution >= 4 is 17.2 Å². The number of thiophene rings is 1. The Morgan fingerprint density at radius 2 is 2.41 bits per heavy atom. The molecule has 6 heteroatoms. The number of piperidine rings is 1. The summed E-state index contributed by atoms with van der Waals surface area (Å²) >= 11 is 1.48. The molecule has 0 aliphatic carbocycles. The van der Waals surface area contributed by atoms with Crippen LogP contribution in [0.25, 0.3) is 0 Å². The molecule has 1 amide bonds. The number of rotatable bonds is 4. The Balaban J connectivity index is 1.83. The first-order chi connectivity index (χ1) is 10.7. The van der Waals surface area contributed by atoms with E-state index in [1.807, 2.05) is 22.4 Å². The zero-order valence-corrected chi connectivity index (χ0v) is 13.8. The lowest BCUT2D eigenvalue weighted by Gasteiger charge is -2.33. The van der Waals surface area contributed by atoms with E-state index in [4.69, 9.17) is 4.52 Å². The summed E-state index contributed by atoms with van der Waals surface area (Å²) in [4.78, 5) is 19.9. The van der Waals surface area contributed by atoms with Crippen molar-refractivity contribution < 1.29 is 9.32 Å². The van der Waals surface area contributed by atoms with Crippen molar-refractivity contribution in [2.24, 2.45) is 0 Å². The number of amides is 1. The molecule has 0 radical (unpaired) electrons. The number of hydrogen-bond donors (Lipinski definition) is 0. The molecule has 2 atom stereocenters. The molecule has 1 aliphatic rings. The topological polar surface area (TPSA) is 59.2 Å². The van der Waals surface area contributed by atoms with Crippen LogP contribution in [0, 0.1) is 0 Å². The second kappa shape index (κ2) is 6.60. The summed E-state index contributed by atoms with van der Waals surface area (Å²) in [5, 5.41) is 6.03. The molecule has 0 N–H and O–H groups in total. The lowest BCUT2D eigenvalue weighted by Crippen LogP contribution is -2.38. The fourth-order valence-corrected chi connectivity index (χ4v) is 3.42. The van der Waals surface area contributed by atoms with E-state index in [0.29, 0.717) is 5.89 Å². The third-order valence-corrected chi connectivity index (χ3v) is 5.15. The fourth-order valence-electron chi connectivity index (χ4n) is 2.74. The Kier molecular flexibility index (Phi) is 4.57. The minimum Gasteiger partial charge on any atom is -0.337 e. The molecule has 0 spiro atoms. The second-order valence-electron chi connectivity index (χ2n) is 5.79. The van der Waals surface area contributed by atoms with Gasteiger partial charge < -0.3 is 9.42 Å². The molecule has 118 valence electrons. The van der Waals surface area contributed by atoms with E-state index in [9.17, 15) is 4.79 Å². The highest BCUT2D eigenvalue weighted by molar-refractivity contribution is 7.12. The highest BCUT2D eigenvalue weighted by atomic mass is 32.1. The van der Waals surface area contributed by atoms with Crippen LogP contribution in [0.4, 0.5) is 0 Å². The van der Waals surface area contributed by atoms with Gasteiger partial charge in [0.05, 0.1) is 4.88 Å². The molecule has 0 saturated carbocycles. The number of carbonyl (C=O) groups excluding carboxylic acids is 1. The van der Waals surface area contributed by atoms with Crippen LogP contribution in [0.15, 0.2) is 22.0 Å². The van der Waals surface area contributed by atoms with Gasteiger partial charge in [0.15, 0.2) is 5.82 Å². The average Bonchev–Trinajstić information content (AvgIpc) is 3.25. The Morgan fingerprint density at radius 1 is 1.55 bits per heavy atom. The number of carbonyl (C=O) groups is 1. The van der Waals surface area contributed by atoms with Crippen molar-refractivity contribution in [2.75, 3.05) is 6.54 Å². The molecule has 1 fully saturated rings. The molecule has 22 heavy (non-hydrogen) atoms. The lowest BCUT2D eigenvalue weighted by atomic mass is 10.0. The number of hydrogen-bond acceptors (Lipinski definition) is 5. The molecule has 3 rings (SSSR count). The molecule has 0 aromatic carbocycles. The summed E-state index contributed by atoms with van der Waals surface area (Å²) < 4.78 is 5.47. The summed E-state index contributed by atoms with van der Waals surface area (Å²) in [5.41, 5.74) is 0. The van der Waals surface area contributed by atoms with Gasteiger partial charge in [-0.15, -0.1) is 11.3 Å². The molecular weight excluding hydrogens is 298 g/mol. The van der Waals surface area contributed by atoms with Gasteiger partial charge in [0, 0.05) is 12.5 Å². The molecule has 1 aliphatic heterocycles. The number of nitrogens with zero attached hydrogens (tertiary/aromatic N) is 3. The lowest BCUT2D eigenvalue weighted by molar-refractivity contribution is 0.0566. The van der Waals surface area contributed by atoms with Crippen molar-refractivity contribution in [3.05, 3.63) is 34.1 Å². The van der Waals surface area contributed by atoms with Gasteiger partial charge >= 0.3 is 0 Å². The van der Waals surface area contributed by atoms with Crippen molar-refractivity contribution in [1.82, 2.24) is 15.0 Å². The number of likely N-dealkylation sites (tertiary alicyclic amines) is 1. The maximum Gasteiger partial charge on any atom is 0.264 e. The van der Waals surface area contributed by atoms with E-state index in [1.165, 1.54) is 11.3 Å². The Hall–Kier alpha value is -1.69. The first kappa shape index (κ1) is 15.2. The van der Waals surface area contributed by atoms with E-state index < -0.39 is 0 Å². The van der Waals surface area contributed by atoms with Crippen molar-refractivity contribution in [2.45, 2.75) is 51.5 Å². The Labute approximate surface area is 134 Å². The maximum absolute atomic E-state index is 12.7. The second-order valence-corrected chi connectivity index (χ2v) is 6.74. The molecule has 2 aromatic rings. The van der Waals surface area contributed by atoms with Crippen LogP contribution in [-0.2, 0) is 0 Å². The highest BCUT2D eigenvalue weighted by Gasteiger charge is 2.33. The predicted octanol–water partition coefficient (Wildman–Crippen LogP) is 4.01. The quantitative estimate of drug-likeness (QED) is 0.854. The molecule has 2 aromatic heterocycles. The summed E-state index contributed by atoms with van der Waals surface area (Å²) in [5.74, 6) is 1.68. The van der Waals surface area contributed by atoms with Gasteiger partial charge in [-0.25, -0.2) is 0 Å². The van der Waals surface area contributed by atoms with Gasteiger partial charge in [0.1, 0.15) is 6.04 Å². The Morgan fingerprint density at radius 3 is 3.14 bits per heavy atom. The minimum atomic E-state index is -0.0892. The van der Waals surface area contributed by atoms with Gasteiger partial charge in [-0.1, -0.05) is 25.1 Å². The zero-order valence-electron chi connectivity index (χ0n) is 13.0. The third kappa shape index (κ3) is 2.92. The van der Waals surface area contributed by atoms with E-state index in [0.717, 1.165) is 42.9 Å². The molecule has 0 unspecified atom stereocenters. The summed E-state index contributed by atoms with van der Waals surface area (Å²) in [6, 6.07) is 3.69. The predicted molar refractivity (Wildman–Crippen MR) is 85.0 cm³/mol. The van der Waals surface area contributed by atoms with Crippen molar-refractivity contribution in [3.63, 3.8) is 0 Å². The van der Waals surface area contributed by atoms with Crippen LogP contribution in [0.5, 0.6) is 0 Å². The molecule has 5 nitrogen and oxygen atoms in total. The van der Waals surface area contributed by atoms with E-state index >= 15 is 0 Å². The SMILES string of the molecule is CC[C@H](C)c1noc([C@@H]2CCCCN2C(=O)c2cccs2)n1. The van der Waals surface area contributed by atoms with Gasteiger partial charge in [0.2, 0.25) is 5.89 Å². The summed E-state index contributed by atoms with van der Waals surface area (Å²) in [6.45, 7) is 4.94. The van der Waals surface area contributed by atoms with Crippen LogP contribution in [-0.4, -0.2) is 27.5 Å². The van der Waals surface area contributed by atoms with Crippen molar-refractivity contribution in [3.8, 4) is 0 Å². The van der Waals surface area contributed by atoms with E-state index in [2.05, 4.69) is 24.0 Å². The largest absolute Gasteiger partial charge is 0.337 e. The van der Waals surface area contributed by atoms with Crippen LogP contribution in [0.1, 0.15) is 72.9 Å². The van der Waals surface area contributed by atoms with Crippen LogP contribution >= 0.6 is 11.3 Å². The Bertz CT molecular complexity index is 623. The van der Waals surface area contributed by atoms with Crippen LogP contribution < -0.4 is 0 Å².